The number of hydrogen-bond donors (Lipinski definition) is 1. The fraction of sp³-hybridized carbons (Fsp3) is 0.571. The van der Waals surface area contributed by atoms with Crippen molar-refractivity contribution in [3.8, 4) is 11.5 Å². The van der Waals surface area contributed by atoms with Gasteiger partial charge < -0.3 is 14.8 Å². The fourth-order valence-corrected chi connectivity index (χ4v) is 2.08. The summed E-state index contributed by atoms with van der Waals surface area (Å²) in [5.74, 6) is 1.75. The predicted molar refractivity (Wildman–Crippen MR) is 78.5 cm³/mol. The lowest BCUT2D eigenvalue weighted by molar-refractivity contribution is 0.298. The summed E-state index contributed by atoms with van der Waals surface area (Å²) in [5.41, 5.74) is 1.14. The van der Waals surface area contributed by atoms with Crippen LogP contribution >= 0.6 is 15.9 Å². The summed E-state index contributed by atoms with van der Waals surface area (Å²) in [6.45, 7) is 6.43. The summed E-state index contributed by atoms with van der Waals surface area (Å²) < 4.78 is 12.4. The highest BCUT2D eigenvalue weighted by atomic mass is 79.9. The number of halogens is 1. The summed E-state index contributed by atoms with van der Waals surface area (Å²) in [4.78, 5) is 0. The first-order valence-corrected chi connectivity index (χ1v) is 7.24. The van der Waals surface area contributed by atoms with E-state index in [1.165, 1.54) is 0 Å². The van der Waals surface area contributed by atoms with Gasteiger partial charge in [-0.1, -0.05) is 13.8 Å². The van der Waals surface area contributed by atoms with Gasteiger partial charge in [0.1, 0.15) is 11.5 Å². The molecule has 4 heteroatoms. The standard InChI is InChI=1S/C14H22BrNO2/c1-4-6-17-13-9-14(18-7-5-2)12(15)8-11(13)10-16-3/h8-9,16H,4-7,10H2,1-3H3. The fourth-order valence-electron chi connectivity index (χ4n) is 1.57. The topological polar surface area (TPSA) is 30.5 Å². The molecule has 0 aliphatic rings. The summed E-state index contributed by atoms with van der Waals surface area (Å²) in [6, 6.07) is 4.04. The van der Waals surface area contributed by atoms with Crippen molar-refractivity contribution in [1.29, 1.82) is 0 Å². The van der Waals surface area contributed by atoms with Crippen LogP contribution in [-0.2, 0) is 6.54 Å². The Balaban J connectivity index is 2.93. The molecule has 102 valence electrons. The quantitative estimate of drug-likeness (QED) is 0.792. The maximum Gasteiger partial charge on any atom is 0.137 e. The highest BCUT2D eigenvalue weighted by molar-refractivity contribution is 9.10. The second-order valence-corrected chi connectivity index (χ2v) is 4.97. The van der Waals surface area contributed by atoms with Gasteiger partial charge in [0.15, 0.2) is 0 Å². The minimum absolute atomic E-state index is 0.719. The number of nitrogens with one attached hydrogen (secondary N) is 1. The molecular weight excluding hydrogens is 294 g/mol. The minimum atomic E-state index is 0.719. The molecule has 0 amide bonds. The Morgan fingerprint density at radius 2 is 1.67 bits per heavy atom. The molecular formula is C14H22BrNO2. The normalized spacial score (nSPS) is 10.4. The van der Waals surface area contributed by atoms with Crippen LogP contribution in [0.2, 0.25) is 0 Å². The van der Waals surface area contributed by atoms with E-state index >= 15 is 0 Å². The first kappa shape index (κ1) is 15.3. The van der Waals surface area contributed by atoms with Gasteiger partial charge in [0.25, 0.3) is 0 Å². The molecule has 0 radical (unpaired) electrons. The van der Waals surface area contributed by atoms with Crippen LogP contribution < -0.4 is 14.8 Å². The Hall–Kier alpha value is -0.740. The van der Waals surface area contributed by atoms with Gasteiger partial charge in [-0.25, -0.2) is 0 Å². The van der Waals surface area contributed by atoms with Crippen molar-refractivity contribution in [2.24, 2.45) is 0 Å². The van der Waals surface area contributed by atoms with Gasteiger partial charge in [0.05, 0.1) is 17.7 Å². The molecule has 0 aliphatic heterocycles. The third-order valence-electron chi connectivity index (χ3n) is 2.41. The van der Waals surface area contributed by atoms with E-state index in [4.69, 9.17) is 9.47 Å². The molecule has 0 bridgehead atoms. The van der Waals surface area contributed by atoms with E-state index < -0.39 is 0 Å². The molecule has 1 N–H and O–H groups in total. The van der Waals surface area contributed by atoms with Gasteiger partial charge in [-0.15, -0.1) is 0 Å². The van der Waals surface area contributed by atoms with Crippen molar-refractivity contribution in [3.63, 3.8) is 0 Å². The van der Waals surface area contributed by atoms with Crippen LogP contribution in [0.3, 0.4) is 0 Å². The molecule has 1 rings (SSSR count). The molecule has 0 saturated heterocycles. The van der Waals surface area contributed by atoms with E-state index in [1.807, 2.05) is 13.1 Å². The van der Waals surface area contributed by atoms with Crippen LogP contribution in [0.25, 0.3) is 0 Å². The predicted octanol–water partition coefficient (Wildman–Crippen LogP) is 3.75. The largest absolute Gasteiger partial charge is 0.493 e. The number of ether oxygens (including phenoxy) is 2. The van der Waals surface area contributed by atoms with Crippen molar-refractivity contribution in [1.82, 2.24) is 5.32 Å². The number of hydrogen-bond acceptors (Lipinski definition) is 3. The monoisotopic (exact) mass is 315 g/mol. The van der Waals surface area contributed by atoms with E-state index in [2.05, 4.69) is 41.2 Å². The first-order valence-electron chi connectivity index (χ1n) is 6.45. The molecule has 0 heterocycles. The third-order valence-corrected chi connectivity index (χ3v) is 3.03. The zero-order chi connectivity index (χ0) is 13.4. The smallest absolute Gasteiger partial charge is 0.137 e. The van der Waals surface area contributed by atoms with Crippen molar-refractivity contribution < 1.29 is 9.47 Å². The Bertz CT molecular complexity index is 369. The van der Waals surface area contributed by atoms with E-state index in [0.717, 1.165) is 54.1 Å². The molecule has 0 spiro atoms. The maximum atomic E-state index is 5.77. The van der Waals surface area contributed by atoms with E-state index in [1.54, 1.807) is 0 Å². The van der Waals surface area contributed by atoms with Crippen LogP contribution in [0.15, 0.2) is 16.6 Å². The van der Waals surface area contributed by atoms with E-state index in [-0.39, 0.29) is 0 Å². The average molecular weight is 316 g/mol. The van der Waals surface area contributed by atoms with E-state index in [9.17, 15) is 0 Å². The zero-order valence-corrected chi connectivity index (χ0v) is 13.0. The molecule has 0 atom stereocenters. The van der Waals surface area contributed by atoms with Crippen molar-refractivity contribution >= 4 is 15.9 Å². The second-order valence-electron chi connectivity index (χ2n) is 4.12. The number of rotatable bonds is 8. The molecule has 0 unspecified atom stereocenters. The van der Waals surface area contributed by atoms with Crippen molar-refractivity contribution in [2.45, 2.75) is 33.2 Å². The SMILES string of the molecule is CCCOc1cc(OCCC)c(CNC)cc1Br. The molecule has 0 fully saturated rings. The lowest BCUT2D eigenvalue weighted by Gasteiger charge is -2.15. The summed E-state index contributed by atoms with van der Waals surface area (Å²) in [5, 5.41) is 3.15. The number of benzene rings is 1. The molecule has 0 saturated carbocycles. The highest BCUT2D eigenvalue weighted by Crippen LogP contribution is 2.33. The second kappa shape index (κ2) is 8.38. The van der Waals surface area contributed by atoms with Gasteiger partial charge in [-0.05, 0) is 41.9 Å². The highest BCUT2D eigenvalue weighted by Gasteiger charge is 2.10. The Morgan fingerprint density at radius 1 is 1.06 bits per heavy atom. The van der Waals surface area contributed by atoms with Gasteiger partial charge in [0, 0.05) is 18.2 Å². The lowest BCUT2D eigenvalue weighted by atomic mass is 10.2. The first-order chi connectivity index (χ1) is 8.72. The maximum absolute atomic E-state index is 5.77. The van der Waals surface area contributed by atoms with Gasteiger partial charge in [-0.2, -0.15) is 0 Å². The molecule has 0 aromatic heterocycles. The molecule has 18 heavy (non-hydrogen) atoms. The van der Waals surface area contributed by atoms with Crippen molar-refractivity contribution in [2.75, 3.05) is 20.3 Å². The molecule has 1 aromatic carbocycles. The Morgan fingerprint density at radius 3 is 2.22 bits per heavy atom. The van der Waals surface area contributed by atoms with Crippen LogP contribution in [0.5, 0.6) is 11.5 Å². The lowest BCUT2D eigenvalue weighted by Crippen LogP contribution is -2.09. The van der Waals surface area contributed by atoms with Crippen LogP contribution in [-0.4, -0.2) is 20.3 Å². The summed E-state index contributed by atoms with van der Waals surface area (Å²) in [7, 11) is 1.93. The Labute approximate surface area is 118 Å². The minimum Gasteiger partial charge on any atom is -0.493 e. The Kier molecular flexibility index (Phi) is 7.13. The van der Waals surface area contributed by atoms with E-state index in [0.29, 0.717) is 0 Å². The third kappa shape index (κ3) is 4.50. The molecule has 1 aromatic rings. The summed E-state index contributed by atoms with van der Waals surface area (Å²) in [6.07, 6.45) is 2.00. The van der Waals surface area contributed by atoms with Gasteiger partial charge in [-0.3, -0.25) is 0 Å². The molecule has 3 nitrogen and oxygen atoms in total. The molecule has 0 aliphatic carbocycles. The van der Waals surface area contributed by atoms with Gasteiger partial charge >= 0.3 is 0 Å². The average Bonchev–Trinajstić information content (AvgIpc) is 2.37. The van der Waals surface area contributed by atoms with Crippen LogP contribution in [0.4, 0.5) is 0 Å². The zero-order valence-electron chi connectivity index (χ0n) is 11.4. The van der Waals surface area contributed by atoms with Gasteiger partial charge in [0.2, 0.25) is 0 Å². The van der Waals surface area contributed by atoms with Crippen LogP contribution in [0, 0.1) is 0 Å². The summed E-state index contributed by atoms with van der Waals surface area (Å²) >= 11 is 3.54. The van der Waals surface area contributed by atoms with Crippen LogP contribution in [0.1, 0.15) is 32.3 Å². The van der Waals surface area contributed by atoms with Crippen molar-refractivity contribution in [3.05, 3.63) is 22.2 Å².